The number of anilines is 1. The molecule has 0 saturated heterocycles. The van der Waals surface area contributed by atoms with Gasteiger partial charge in [0, 0.05) is 18.3 Å². The van der Waals surface area contributed by atoms with E-state index in [1.807, 2.05) is 0 Å². The predicted octanol–water partition coefficient (Wildman–Crippen LogP) is -0.128. The molecule has 1 aromatic carbocycles. The van der Waals surface area contributed by atoms with Crippen molar-refractivity contribution < 1.29 is 23.1 Å². The Morgan fingerprint density at radius 1 is 1.22 bits per heavy atom. The predicted molar refractivity (Wildman–Crippen MR) is 64.9 cm³/mol. The molecule has 0 aliphatic heterocycles. The Labute approximate surface area is 104 Å². The van der Waals surface area contributed by atoms with Gasteiger partial charge in [-0.3, -0.25) is 14.3 Å². The third-order valence-electron chi connectivity index (χ3n) is 1.96. The minimum absolute atomic E-state index is 0.198. The van der Waals surface area contributed by atoms with Crippen LogP contribution in [0.3, 0.4) is 0 Å². The molecule has 0 bridgehead atoms. The first kappa shape index (κ1) is 14.0. The maximum atomic E-state index is 11.3. The second-order valence-corrected chi connectivity index (χ2v) is 5.13. The van der Waals surface area contributed by atoms with E-state index in [1.54, 1.807) is 0 Å². The second-order valence-electron chi connectivity index (χ2n) is 3.41. The van der Waals surface area contributed by atoms with E-state index in [0.29, 0.717) is 5.56 Å². The molecule has 18 heavy (non-hydrogen) atoms. The van der Waals surface area contributed by atoms with Crippen LogP contribution in [0.2, 0.25) is 0 Å². The van der Waals surface area contributed by atoms with E-state index in [0.717, 1.165) is 0 Å². The van der Waals surface area contributed by atoms with Gasteiger partial charge in [-0.1, -0.05) is 0 Å². The summed E-state index contributed by atoms with van der Waals surface area (Å²) in [5.74, 6) is -2.75. The van der Waals surface area contributed by atoms with Gasteiger partial charge in [-0.15, -0.1) is 0 Å². The molecule has 1 aromatic rings. The van der Waals surface area contributed by atoms with Crippen molar-refractivity contribution >= 4 is 27.6 Å². The SMILES string of the molecule is CNC(=O)c1ccc(NS(=O)(=O)CC(=O)O)cc1. The quantitative estimate of drug-likeness (QED) is 0.691. The van der Waals surface area contributed by atoms with Crippen LogP contribution in [-0.4, -0.2) is 38.2 Å². The average Bonchev–Trinajstić information content (AvgIpc) is 2.26. The highest BCUT2D eigenvalue weighted by Crippen LogP contribution is 2.11. The van der Waals surface area contributed by atoms with Crippen molar-refractivity contribution in [1.82, 2.24) is 5.32 Å². The third kappa shape index (κ3) is 4.06. The summed E-state index contributed by atoms with van der Waals surface area (Å²) in [4.78, 5) is 21.5. The molecule has 7 nitrogen and oxygen atoms in total. The molecule has 1 amide bonds. The van der Waals surface area contributed by atoms with Crippen LogP contribution in [0, 0.1) is 0 Å². The summed E-state index contributed by atoms with van der Waals surface area (Å²) in [6.07, 6.45) is 0. The summed E-state index contributed by atoms with van der Waals surface area (Å²) in [5, 5.41) is 10.8. The van der Waals surface area contributed by atoms with Gasteiger partial charge >= 0.3 is 5.97 Å². The zero-order valence-electron chi connectivity index (χ0n) is 9.50. The van der Waals surface area contributed by atoms with Gasteiger partial charge in [0.1, 0.15) is 0 Å². The lowest BCUT2D eigenvalue weighted by molar-refractivity contribution is -0.134. The van der Waals surface area contributed by atoms with Gasteiger partial charge in [-0.2, -0.15) is 0 Å². The van der Waals surface area contributed by atoms with Crippen LogP contribution >= 0.6 is 0 Å². The Bertz CT molecular complexity index is 550. The third-order valence-corrected chi connectivity index (χ3v) is 3.13. The van der Waals surface area contributed by atoms with E-state index >= 15 is 0 Å². The van der Waals surface area contributed by atoms with E-state index < -0.39 is 21.7 Å². The Hall–Kier alpha value is -2.09. The molecule has 0 aliphatic rings. The lowest BCUT2D eigenvalue weighted by Crippen LogP contribution is -2.22. The molecule has 98 valence electrons. The number of benzene rings is 1. The fourth-order valence-corrected chi connectivity index (χ4v) is 2.10. The summed E-state index contributed by atoms with van der Waals surface area (Å²) in [6.45, 7) is 0. The molecule has 0 heterocycles. The lowest BCUT2D eigenvalue weighted by Gasteiger charge is -2.06. The number of carboxylic acids is 1. The first-order valence-electron chi connectivity index (χ1n) is 4.88. The average molecular weight is 272 g/mol. The van der Waals surface area contributed by atoms with Crippen molar-refractivity contribution in [2.24, 2.45) is 0 Å². The van der Waals surface area contributed by atoms with Crippen LogP contribution in [0.5, 0.6) is 0 Å². The molecule has 1 rings (SSSR count). The van der Waals surface area contributed by atoms with Crippen molar-refractivity contribution in [2.75, 3.05) is 17.5 Å². The maximum absolute atomic E-state index is 11.3. The molecule has 0 atom stereocenters. The maximum Gasteiger partial charge on any atom is 0.320 e. The highest BCUT2D eigenvalue weighted by molar-refractivity contribution is 7.93. The molecule has 0 unspecified atom stereocenters. The van der Waals surface area contributed by atoms with Gasteiger partial charge < -0.3 is 10.4 Å². The number of carbonyl (C=O) groups excluding carboxylic acids is 1. The van der Waals surface area contributed by atoms with Crippen LogP contribution < -0.4 is 10.0 Å². The van der Waals surface area contributed by atoms with Gasteiger partial charge in [0.05, 0.1) is 0 Å². The zero-order chi connectivity index (χ0) is 13.8. The van der Waals surface area contributed by atoms with Crippen LogP contribution in [-0.2, 0) is 14.8 Å². The van der Waals surface area contributed by atoms with Crippen LogP contribution in [0.1, 0.15) is 10.4 Å². The van der Waals surface area contributed by atoms with Crippen molar-refractivity contribution in [3.63, 3.8) is 0 Å². The van der Waals surface area contributed by atoms with Crippen molar-refractivity contribution in [3.05, 3.63) is 29.8 Å². The van der Waals surface area contributed by atoms with E-state index in [9.17, 15) is 18.0 Å². The van der Waals surface area contributed by atoms with Crippen molar-refractivity contribution in [1.29, 1.82) is 0 Å². The molecule has 0 saturated carbocycles. The first-order valence-corrected chi connectivity index (χ1v) is 6.54. The number of hydrogen-bond acceptors (Lipinski definition) is 4. The second kappa shape index (κ2) is 5.50. The number of sulfonamides is 1. The van der Waals surface area contributed by atoms with Crippen LogP contribution in [0.15, 0.2) is 24.3 Å². The molecule has 0 aliphatic carbocycles. The van der Waals surface area contributed by atoms with Crippen LogP contribution in [0.4, 0.5) is 5.69 Å². The standard InChI is InChI=1S/C10H12N2O5S/c1-11-10(15)7-2-4-8(5-3-7)12-18(16,17)6-9(13)14/h2-5,12H,6H2,1H3,(H,11,15)(H,13,14). The molecule has 3 N–H and O–H groups in total. The molecule has 8 heteroatoms. The molecule has 0 radical (unpaired) electrons. The smallest absolute Gasteiger partial charge is 0.320 e. The minimum Gasteiger partial charge on any atom is -0.480 e. The van der Waals surface area contributed by atoms with Gasteiger partial charge in [0.25, 0.3) is 5.91 Å². The van der Waals surface area contributed by atoms with Crippen molar-refractivity contribution in [2.45, 2.75) is 0 Å². The number of nitrogens with one attached hydrogen (secondary N) is 2. The summed E-state index contributed by atoms with van der Waals surface area (Å²) in [6, 6.07) is 5.61. The summed E-state index contributed by atoms with van der Waals surface area (Å²) >= 11 is 0. The number of aliphatic carboxylic acids is 1. The molecular formula is C10H12N2O5S. The van der Waals surface area contributed by atoms with E-state index in [1.165, 1.54) is 31.3 Å². The number of hydrogen-bond donors (Lipinski definition) is 3. The summed E-state index contributed by atoms with van der Waals surface area (Å²) < 4.78 is 24.7. The Kier molecular flexibility index (Phi) is 4.27. The van der Waals surface area contributed by atoms with E-state index in [4.69, 9.17) is 5.11 Å². The fourth-order valence-electron chi connectivity index (χ4n) is 1.21. The number of rotatable bonds is 5. The number of amides is 1. The van der Waals surface area contributed by atoms with Crippen molar-refractivity contribution in [3.8, 4) is 0 Å². The van der Waals surface area contributed by atoms with Crippen LogP contribution in [0.25, 0.3) is 0 Å². The molecule has 0 spiro atoms. The van der Waals surface area contributed by atoms with Gasteiger partial charge in [-0.05, 0) is 24.3 Å². The Balaban J connectivity index is 2.81. The topological polar surface area (TPSA) is 113 Å². The fraction of sp³-hybridized carbons (Fsp3) is 0.200. The zero-order valence-corrected chi connectivity index (χ0v) is 10.3. The van der Waals surface area contributed by atoms with Gasteiger partial charge in [0.15, 0.2) is 5.75 Å². The summed E-state index contributed by atoms with van der Waals surface area (Å²) in [5.41, 5.74) is 0.572. The Morgan fingerprint density at radius 2 is 1.78 bits per heavy atom. The Morgan fingerprint density at radius 3 is 2.22 bits per heavy atom. The lowest BCUT2D eigenvalue weighted by atomic mass is 10.2. The highest BCUT2D eigenvalue weighted by Gasteiger charge is 2.15. The number of carboxylic acid groups (broad SMARTS) is 1. The van der Waals surface area contributed by atoms with E-state index in [2.05, 4.69) is 10.0 Å². The van der Waals surface area contributed by atoms with Gasteiger partial charge in [0.2, 0.25) is 10.0 Å². The normalized spacial score (nSPS) is 10.7. The molecule has 0 fully saturated rings. The van der Waals surface area contributed by atoms with E-state index in [-0.39, 0.29) is 11.6 Å². The molecule has 0 aromatic heterocycles. The number of carbonyl (C=O) groups is 2. The van der Waals surface area contributed by atoms with Gasteiger partial charge in [-0.25, -0.2) is 8.42 Å². The first-order chi connectivity index (χ1) is 8.34. The minimum atomic E-state index is -3.92. The summed E-state index contributed by atoms with van der Waals surface area (Å²) in [7, 11) is -2.44. The largest absolute Gasteiger partial charge is 0.480 e. The highest BCUT2D eigenvalue weighted by atomic mass is 32.2. The monoisotopic (exact) mass is 272 g/mol. The molecular weight excluding hydrogens is 260 g/mol.